The molecule has 6 heteroatoms. The molecule has 2 rings (SSSR count). The van der Waals surface area contributed by atoms with Crippen LogP contribution in [0.2, 0.25) is 0 Å². The van der Waals surface area contributed by atoms with E-state index < -0.39 is 5.97 Å². The standard InChI is InChI=1S/C11H9N3O3/c1-7-5-14(13-10(7)6-15)9-2-8(11(16)17)3-12-4-9/h2-6H,1H3,(H,16,17). The summed E-state index contributed by atoms with van der Waals surface area (Å²) in [6, 6.07) is 1.44. The van der Waals surface area contributed by atoms with Gasteiger partial charge in [-0.1, -0.05) is 0 Å². The highest BCUT2D eigenvalue weighted by atomic mass is 16.4. The number of carboxylic acids is 1. The molecule has 2 aromatic heterocycles. The number of carbonyl (C=O) groups is 2. The van der Waals surface area contributed by atoms with Gasteiger partial charge in [0, 0.05) is 12.4 Å². The Kier molecular flexibility index (Phi) is 2.70. The molecule has 86 valence electrons. The van der Waals surface area contributed by atoms with Crippen LogP contribution in [0.5, 0.6) is 0 Å². The molecule has 17 heavy (non-hydrogen) atoms. The van der Waals surface area contributed by atoms with Gasteiger partial charge in [-0.05, 0) is 18.6 Å². The van der Waals surface area contributed by atoms with Crippen LogP contribution in [0.4, 0.5) is 0 Å². The molecule has 1 N–H and O–H groups in total. The Morgan fingerprint density at radius 1 is 1.47 bits per heavy atom. The first-order valence-corrected chi connectivity index (χ1v) is 4.82. The van der Waals surface area contributed by atoms with E-state index in [-0.39, 0.29) is 5.56 Å². The smallest absolute Gasteiger partial charge is 0.337 e. The highest BCUT2D eigenvalue weighted by Crippen LogP contribution is 2.11. The average Bonchev–Trinajstić information content (AvgIpc) is 2.71. The van der Waals surface area contributed by atoms with Crippen LogP contribution in [-0.2, 0) is 0 Å². The Morgan fingerprint density at radius 2 is 2.24 bits per heavy atom. The number of aldehydes is 1. The van der Waals surface area contributed by atoms with Crippen LogP contribution >= 0.6 is 0 Å². The minimum absolute atomic E-state index is 0.0725. The molecule has 0 unspecified atom stereocenters. The maximum absolute atomic E-state index is 10.8. The lowest BCUT2D eigenvalue weighted by molar-refractivity contribution is 0.0696. The third kappa shape index (κ3) is 2.05. The van der Waals surface area contributed by atoms with Gasteiger partial charge in [0.25, 0.3) is 0 Å². The summed E-state index contributed by atoms with van der Waals surface area (Å²) in [4.78, 5) is 25.3. The van der Waals surface area contributed by atoms with Crippen molar-refractivity contribution in [3.05, 3.63) is 41.5 Å². The molecule has 2 heterocycles. The van der Waals surface area contributed by atoms with Gasteiger partial charge in [0.1, 0.15) is 5.69 Å². The molecule has 0 aliphatic rings. The van der Waals surface area contributed by atoms with Gasteiger partial charge in [-0.3, -0.25) is 9.78 Å². The van der Waals surface area contributed by atoms with E-state index in [1.54, 1.807) is 13.1 Å². The summed E-state index contributed by atoms with van der Waals surface area (Å²) in [7, 11) is 0. The van der Waals surface area contributed by atoms with Crippen LogP contribution in [-0.4, -0.2) is 32.1 Å². The van der Waals surface area contributed by atoms with E-state index in [0.717, 1.165) is 5.56 Å². The van der Waals surface area contributed by atoms with Gasteiger partial charge >= 0.3 is 5.97 Å². The van der Waals surface area contributed by atoms with Crippen LogP contribution in [0.25, 0.3) is 5.69 Å². The number of hydrogen-bond acceptors (Lipinski definition) is 4. The van der Waals surface area contributed by atoms with Gasteiger partial charge in [0.15, 0.2) is 6.29 Å². The van der Waals surface area contributed by atoms with Crippen molar-refractivity contribution in [3.63, 3.8) is 0 Å². The predicted molar refractivity (Wildman–Crippen MR) is 58.4 cm³/mol. The first-order chi connectivity index (χ1) is 8.11. The van der Waals surface area contributed by atoms with Gasteiger partial charge in [-0.2, -0.15) is 5.10 Å². The van der Waals surface area contributed by atoms with E-state index in [4.69, 9.17) is 5.11 Å². The fourth-order valence-corrected chi connectivity index (χ4v) is 1.39. The van der Waals surface area contributed by atoms with Crippen molar-refractivity contribution in [2.24, 2.45) is 0 Å². The quantitative estimate of drug-likeness (QED) is 0.799. The van der Waals surface area contributed by atoms with Gasteiger partial charge in [-0.25, -0.2) is 9.48 Å². The Balaban J connectivity index is 2.48. The number of carboxylic acid groups (broad SMARTS) is 1. The molecule has 0 aliphatic heterocycles. The molecule has 0 aromatic carbocycles. The summed E-state index contributed by atoms with van der Waals surface area (Å²) in [5.41, 5.74) is 1.62. The number of hydrogen-bond donors (Lipinski definition) is 1. The first kappa shape index (κ1) is 11.0. The number of aromatic carboxylic acids is 1. The largest absolute Gasteiger partial charge is 0.478 e. The summed E-state index contributed by atoms with van der Waals surface area (Å²) in [6.45, 7) is 1.75. The molecule has 0 fully saturated rings. The van der Waals surface area contributed by atoms with Crippen LogP contribution in [0.1, 0.15) is 26.4 Å². The summed E-state index contributed by atoms with van der Waals surface area (Å²) >= 11 is 0. The summed E-state index contributed by atoms with van der Waals surface area (Å²) < 4.78 is 1.43. The first-order valence-electron chi connectivity index (χ1n) is 4.82. The third-order valence-electron chi connectivity index (χ3n) is 2.28. The molecule has 6 nitrogen and oxygen atoms in total. The lowest BCUT2D eigenvalue weighted by Crippen LogP contribution is -2.02. The van der Waals surface area contributed by atoms with Crippen LogP contribution in [0.3, 0.4) is 0 Å². The van der Waals surface area contributed by atoms with Crippen molar-refractivity contribution in [3.8, 4) is 5.69 Å². The van der Waals surface area contributed by atoms with E-state index in [0.29, 0.717) is 17.7 Å². The predicted octanol–water partition coefficient (Wildman–Crippen LogP) is 1.09. The monoisotopic (exact) mass is 231 g/mol. The van der Waals surface area contributed by atoms with Crippen molar-refractivity contribution < 1.29 is 14.7 Å². The van der Waals surface area contributed by atoms with Gasteiger partial charge in [-0.15, -0.1) is 0 Å². The number of aryl methyl sites for hydroxylation is 1. The van der Waals surface area contributed by atoms with Crippen molar-refractivity contribution in [2.45, 2.75) is 6.92 Å². The fourth-order valence-electron chi connectivity index (χ4n) is 1.39. The van der Waals surface area contributed by atoms with Crippen LogP contribution in [0.15, 0.2) is 24.7 Å². The second-order valence-corrected chi connectivity index (χ2v) is 3.50. The Labute approximate surface area is 96.5 Å². The normalized spacial score (nSPS) is 10.2. The van der Waals surface area contributed by atoms with Crippen LogP contribution < -0.4 is 0 Å². The lowest BCUT2D eigenvalue weighted by Gasteiger charge is -2.01. The number of aromatic nitrogens is 3. The Bertz CT molecular complexity index is 589. The molecule has 0 atom stereocenters. The Hall–Kier alpha value is -2.50. The molecule has 0 spiro atoms. The third-order valence-corrected chi connectivity index (χ3v) is 2.28. The molecular formula is C11H9N3O3. The van der Waals surface area contributed by atoms with Crippen molar-refractivity contribution >= 4 is 12.3 Å². The van der Waals surface area contributed by atoms with Gasteiger partial charge in [0.05, 0.1) is 17.4 Å². The van der Waals surface area contributed by atoms with Crippen molar-refractivity contribution in [2.75, 3.05) is 0 Å². The summed E-state index contributed by atoms with van der Waals surface area (Å²) in [5.74, 6) is -1.06. The lowest BCUT2D eigenvalue weighted by atomic mass is 10.2. The van der Waals surface area contributed by atoms with E-state index >= 15 is 0 Å². The SMILES string of the molecule is Cc1cn(-c2cncc(C(=O)O)c2)nc1C=O. The molecule has 2 aromatic rings. The zero-order chi connectivity index (χ0) is 12.4. The molecule has 0 radical (unpaired) electrons. The number of rotatable bonds is 3. The molecule has 0 saturated heterocycles. The second-order valence-electron chi connectivity index (χ2n) is 3.50. The maximum atomic E-state index is 10.8. The van der Waals surface area contributed by atoms with Gasteiger partial charge in [0.2, 0.25) is 0 Å². The molecule has 0 amide bonds. The summed E-state index contributed by atoms with van der Waals surface area (Å²) in [6.07, 6.45) is 5.03. The minimum atomic E-state index is -1.06. The van der Waals surface area contributed by atoms with Crippen LogP contribution in [0, 0.1) is 6.92 Å². The second kappa shape index (κ2) is 4.17. The van der Waals surface area contributed by atoms with E-state index in [9.17, 15) is 9.59 Å². The van der Waals surface area contributed by atoms with E-state index in [2.05, 4.69) is 10.1 Å². The number of pyridine rings is 1. The average molecular weight is 231 g/mol. The molecule has 0 aliphatic carbocycles. The highest BCUT2D eigenvalue weighted by Gasteiger charge is 2.08. The van der Waals surface area contributed by atoms with Gasteiger partial charge < -0.3 is 5.11 Å². The number of nitrogens with zero attached hydrogens (tertiary/aromatic N) is 3. The highest BCUT2D eigenvalue weighted by molar-refractivity contribution is 5.87. The topological polar surface area (TPSA) is 85.1 Å². The molecule has 0 saturated carbocycles. The van der Waals surface area contributed by atoms with Crippen molar-refractivity contribution in [1.29, 1.82) is 0 Å². The van der Waals surface area contributed by atoms with E-state index in [1.165, 1.54) is 23.1 Å². The number of carbonyl (C=O) groups excluding carboxylic acids is 1. The minimum Gasteiger partial charge on any atom is -0.478 e. The zero-order valence-corrected chi connectivity index (χ0v) is 8.99. The summed E-state index contributed by atoms with van der Waals surface area (Å²) in [5, 5.41) is 12.9. The zero-order valence-electron chi connectivity index (χ0n) is 8.99. The Morgan fingerprint density at radius 3 is 2.82 bits per heavy atom. The fraction of sp³-hybridized carbons (Fsp3) is 0.0909. The van der Waals surface area contributed by atoms with E-state index in [1.807, 2.05) is 0 Å². The molecule has 0 bridgehead atoms. The van der Waals surface area contributed by atoms with Crippen molar-refractivity contribution in [1.82, 2.24) is 14.8 Å². The maximum Gasteiger partial charge on any atom is 0.337 e. The molecular weight excluding hydrogens is 222 g/mol.